The van der Waals surface area contributed by atoms with Gasteiger partial charge in [-0.1, -0.05) is 63.3 Å². The molecule has 1 aliphatic heterocycles. The third kappa shape index (κ3) is 21.2. The highest BCUT2D eigenvalue weighted by atomic mass is 16.7. The zero-order valence-corrected chi connectivity index (χ0v) is 25.6. The van der Waals surface area contributed by atoms with Crippen LogP contribution in [0.25, 0.3) is 0 Å². The van der Waals surface area contributed by atoms with Gasteiger partial charge in [-0.25, -0.2) is 0 Å². The molecule has 41 heavy (non-hydrogen) atoms. The van der Waals surface area contributed by atoms with Gasteiger partial charge in [0.1, 0.15) is 12.7 Å². The molecule has 0 radical (unpaired) electrons. The maximum atomic E-state index is 12.1. The van der Waals surface area contributed by atoms with Gasteiger partial charge in [-0.2, -0.15) is 0 Å². The van der Waals surface area contributed by atoms with Crippen LogP contribution in [0.3, 0.4) is 0 Å². The molecule has 0 amide bonds. The van der Waals surface area contributed by atoms with Crippen molar-refractivity contribution >= 4 is 17.9 Å². The molecular formula is C32H54O9. The Morgan fingerprint density at radius 3 is 2.20 bits per heavy atom. The number of carbonyl (C=O) groups excluding carboxylic acids is 3. The highest BCUT2D eigenvalue weighted by molar-refractivity contribution is 5.69. The fourth-order valence-corrected chi connectivity index (χ4v) is 4.45. The van der Waals surface area contributed by atoms with Crippen LogP contribution in [0.15, 0.2) is 24.3 Å². The minimum atomic E-state index is -0.703. The van der Waals surface area contributed by atoms with Crippen LogP contribution in [-0.2, 0) is 38.1 Å². The van der Waals surface area contributed by atoms with Gasteiger partial charge in [0.25, 0.3) is 0 Å². The molecule has 0 aromatic rings. The van der Waals surface area contributed by atoms with E-state index in [4.69, 9.17) is 23.7 Å². The van der Waals surface area contributed by atoms with Crippen molar-refractivity contribution < 1.29 is 43.2 Å². The second-order valence-electron chi connectivity index (χ2n) is 10.7. The van der Waals surface area contributed by atoms with Crippen LogP contribution in [-0.4, -0.2) is 67.9 Å². The average molecular weight is 583 g/mol. The zero-order chi connectivity index (χ0) is 30.1. The Labute approximate surface area is 247 Å². The SMILES string of the molecule is CCCCC/C=C\C/C=C\CCCCCCCC(=O)OCC(CO)CO[C@H]1CC(OC(C)=O)C[C@@H](COC(C)=O)O1. The van der Waals surface area contributed by atoms with Gasteiger partial charge >= 0.3 is 17.9 Å². The first-order chi connectivity index (χ1) is 19.8. The van der Waals surface area contributed by atoms with E-state index in [2.05, 4.69) is 31.2 Å². The summed E-state index contributed by atoms with van der Waals surface area (Å²) in [6.45, 7) is 4.83. The van der Waals surface area contributed by atoms with Crippen molar-refractivity contribution in [1.82, 2.24) is 0 Å². The Hall–Kier alpha value is -2.23. The number of aliphatic hydroxyl groups excluding tert-OH is 1. The Kier molecular flexibility index (Phi) is 21.9. The zero-order valence-electron chi connectivity index (χ0n) is 25.6. The number of esters is 3. The van der Waals surface area contributed by atoms with Gasteiger partial charge in [0, 0.05) is 39.0 Å². The van der Waals surface area contributed by atoms with Crippen molar-refractivity contribution in [2.75, 3.05) is 26.4 Å². The minimum Gasteiger partial charge on any atom is -0.465 e. The van der Waals surface area contributed by atoms with Gasteiger partial charge in [-0.05, 0) is 38.5 Å². The second-order valence-corrected chi connectivity index (χ2v) is 10.7. The monoisotopic (exact) mass is 582 g/mol. The molecule has 236 valence electrons. The van der Waals surface area contributed by atoms with E-state index < -0.39 is 36.4 Å². The topological polar surface area (TPSA) is 118 Å². The second kappa shape index (κ2) is 24.4. The van der Waals surface area contributed by atoms with Crippen LogP contribution in [0, 0.1) is 5.92 Å². The van der Waals surface area contributed by atoms with Gasteiger partial charge < -0.3 is 28.8 Å². The van der Waals surface area contributed by atoms with E-state index in [1.807, 2.05) is 0 Å². The summed E-state index contributed by atoms with van der Waals surface area (Å²) in [4.78, 5) is 34.7. The first-order valence-corrected chi connectivity index (χ1v) is 15.5. The highest BCUT2D eigenvalue weighted by Crippen LogP contribution is 2.24. The number of hydrogen-bond donors (Lipinski definition) is 1. The smallest absolute Gasteiger partial charge is 0.305 e. The molecule has 2 unspecified atom stereocenters. The molecule has 9 heteroatoms. The Morgan fingerprint density at radius 2 is 1.54 bits per heavy atom. The van der Waals surface area contributed by atoms with E-state index in [0.29, 0.717) is 19.3 Å². The normalized spacial score (nSPS) is 19.9. The first-order valence-electron chi connectivity index (χ1n) is 15.5. The molecule has 1 saturated heterocycles. The molecule has 1 N–H and O–H groups in total. The lowest BCUT2D eigenvalue weighted by Gasteiger charge is -2.34. The number of unbranched alkanes of at least 4 members (excludes halogenated alkanes) is 8. The maximum Gasteiger partial charge on any atom is 0.305 e. The van der Waals surface area contributed by atoms with Gasteiger partial charge in [-0.15, -0.1) is 0 Å². The van der Waals surface area contributed by atoms with Crippen molar-refractivity contribution in [2.45, 2.75) is 129 Å². The third-order valence-corrected chi connectivity index (χ3v) is 6.72. The fourth-order valence-electron chi connectivity index (χ4n) is 4.45. The molecular weight excluding hydrogens is 528 g/mol. The molecule has 0 aromatic carbocycles. The van der Waals surface area contributed by atoms with Gasteiger partial charge in [-0.3, -0.25) is 14.4 Å². The van der Waals surface area contributed by atoms with Crippen molar-refractivity contribution in [3.8, 4) is 0 Å². The van der Waals surface area contributed by atoms with E-state index >= 15 is 0 Å². The number of aliphatic hydroxyl groups is 1. The van der Waals surface area contributed by atoms with Gasteiger partial charge in [0.2, 0.25) is 0 Å². The summed E-state index contributed by atoms with van der Waals surface area (Å²) in [5.41, 5.74) is 0. The summed E-state index contributed by atoms with van der Waals surface area (Å²) >= 11 is 0. The molecule has 0 spiro atoms. The van der Waals surface area contributed by atoms with E-state index in [0.717, 1.165) is 44.9 Å². The predicted octanol–water partition coefficient (Wildman–Crippen LogP) is 5.97. The molecule has 1 aliphatic rings. The van der Waals surface area contributed by atoms with Crippen LogP contribution < -0.4 is 0 Å². The number of rotatable bonds is 23. The van der Waals surface area contributed by atoms with Crippen molar-refractivity contribution in [3.63, 3.8) is 0 Å². The highest BCUT2D eigenvalue weighted by Gasteiger charge is 2.33. The molecule has 4 atom stereocenters. The summed E-state index contributed by atoms with van der Waals surface area (Å²) in [6, 6.07) is 0. The molecule has 0 bridgehead atoms. The number of carbonyl (C=O) groups is 3. The average Bonchev–Trinajstić information content (AvgIpc) is 2.93. The predicted molar refractivity (Wildman–Crippen MR) is 157 cm³/mol. The third-order valence-electron chi connectivity index (χ3n) is 6.72. The van der Waals surface area contributed by atoms with Crippen LogP contribution >= 0.6 is 0 Å². The Morgan fingerprint density at radius 1 is 0.854 bits per heavy atom. The number of hydrogen-bond acceptors (Lipinski definition) is 9. The molecule has 0 aromatic heterocycles. The molecule has 9 nitrogen and oxygen atoms in total. The standard InChI is InChI=1S/C32H54O9/c1-4-5-6-7-8-9-10-11-12-13-14-15-16-17-18-19-31(36)38-23-28(22-33)24-39-32-21-29(40-27(3)35)20-30(41-32)25-37-26(2)34/h8-9,11-12,28-30,32-33H,4-7,10,13-25H2,1-3H3/b9-8-,12-11-/t28?,29?,30-,32+/m0/s1. The Balaban J connectivity index is 2.16. The first kappa shape index (κ1) is 36.8. The lowest BCUT2D eigenvalue weighted by Crippen LogP contribution is -2.42. The van der Waals surface area contributed by atoms with Crippen LogP contribution in [0.5, 0.6) is 0 Å². The molecule has 1 fully saturated rings. The van der Waals surface area contributed by atoms with Crippen LogP contribution in [0.1, 0.15) is 111 Å². The minimum absolute atomic E-state index is 0.0299. The van der Waals surface area contributed by atoms with E-state index in [1.54, 1.807) is 0 Å². The molecule has 1 heterocycles. The largest absolute Gasteiger partial charge is 0.465 e. The van der Waals surface area contributed by atoms with Crippen LogP contribution in [0.4, 0.5) is 0 Å². The summed E-state index contributed by atoms with van der Waals surface area (Å²) in [6.07, 6.45) is 20.8. The number of ether oxygens (including phenoxy) is 5. The van der Waals surface area contributed by atoms with Gasteiger partial charge in [0.05, 0.1) is 25.9 Å². The van der Waals surface area contributed by atoms with Crippen molar-refractivity contribution in [3.05, 3.63) is 24.3 Å². The summed E-state index contributed by atoms with van der Waals surface area (Å²) in [5.74, 6) is -1.53. The Bertz CT molecular complexity index is 764. The van der Waals surface area contributed by atoms with Crippen LogP contribution in [0.2, 0.25) is 0 Å². The lowest BCUT2D eigenvalue weighted by molar-refractivity contribution is -0.234. The summed E-state index contributed by atoms with van der Waals surface area (Å²) < 4.78 is 27.3. The lowest BCUT2D eigenvalue weighted by atomic mass is 10.1. The van der Waals surface area contributed by atoms with Crippen molar-refractivity contribution in [2.24, 2.45) is 5.92 Å². The number of allylic oxidation sites excluding steroid dienone is 4. The molecule has 0 saturated carbocycles. The fraction of sp³-hybridized carbons (Fsp3) is 0.781. The van der Waals surface area contributed by atoms with E-state index in [-0.39, 0.29) is 32.4 Å². The summed E-state index contributed by atoms with van der Waals surface area (Å²) in [5, 5.41) is 9.71. The quantitative estimate of drug-likeness (QED) is 0.0673. The molecule has 1 rings (SSSR count). The maximum absolute atomic E-state index is 12.1. The van der Waals surface area contributed by atoms with E-state index in [9.17, 15) is 19.5 Å². The van der Waals surface area contributed by atoms with Gasteiger partial charge in [0.15, 0.2) is 6.29 Å². The summed E-state index contributed by atoms with van der Waals surface area (Å²) in [7, 11) is 0. The van der Waals surface area contributed by atoms with Crippen molar-refractivity contribution in [1.29, 1.82) is 0 Å². The molecule has 0 aliphatic carbocycles. The van der Waals surface area contributed by atoms with E-state index in [1.165, 1.54) is 39.5 Å².